The van der Waals surface area contributed by atoms with Crippen molar-refractivity contribution in [1.82, 2.24) is 9.88 Å². The number of rotatable bonds is 6. The SMILES string of the molecule is Cc1nc(C(C)N(CCC(=O)O)C2CC2)c(C)s1. The molecular formula is C13H20N2O2S. The Morgan fingerprint density at radius 1 is 1.56 bits per heavy atom. The van der Waals surface area contributed by atoms with Gasteiger partial charge in [0.05, 0.1) is 23.2 Å². The summed E-state index contributed by atoms with van der Waals surface area (Å²) in [5, 5.41) is 9.92. The highest BCUT2D eigenvalue weighted by molar-refractivity contribution is 7.11. The highest BCUT2D eigenvalue weighted by Crippen LogP contribution is 2.35. The van der Waals surface area contributed by atoms with E-state index in [-0.39, 0.29) is 12.5 Å². The molecule has 1 aromatic rings. The van der Waals surface area contributed by atoms with E-state index in [0.29, 0.717) is 12.6 Å². The minimum absolute atomic E-state index is 0.211. The highest BCUT2D eigenvalue weighted by Gasteiger charge is 2.34. The van der Waals surface area contributed by atoms with Crippen LogP contribution in [0.25, 0.3) is 0 Å². The number of aromatic nitrogens is 1. The first-order valence-corrected chi connectivity index (χ1v) is 7.22. The fraction of sp³-hybridized carbons (Fsp3) is 0.692. The summed E-state index contributed by atoms with van der Waals surface area (Å²) in [4.78, 5) is 18.9. The van der Waals surface area contributed by atoms with Gasteiger partial charge in [0.2, 0.25) is 0 Å². The predicted molar refractivity (Wildman–Crippen MR) is 72.0 cm³/mol. The van der Waals surface area contributed by atoms with Gasteiger partial charge in [-0.05, 0) is 33.6 Å². The largest absolute Gasteiger partial charge is 0.481 e. The molecule has 1 aromatic heterocycles. The minimum atomic E-state index is -0.723. The van der Waals surface area contributed by atoms with Crippen LogP contribution >= 0.6 is 11.3 Å². The van der Waals surface area contributed by atoms with Crippen LogP contribution in [-0.2, 0) is 4.79 Å². The maximum atomic E-state index is 10.7. The number of aryl methyl sites for hydroxylation is 2. The summed E-state index contributed by atoms with van der Waals surface area (Å²) in [6, 6.07) is 0.780. The molecule has 18 heavy (non-hydrogen) atoms. The van der Waals surface area contributed by atoms with E-state index in [2.05, 4.69) is 23.7 Å². The Balaban J connectivity index is 2.10. The zero-order chi connectivity index (χ0) is 13.3. The van der Waals surface area contributed by atoms with Crippen molar-refractivity contribution in [3.63, 3.8) is 0 Å². The second-order valence-electron chi connectivity index (χ2n) is 4.96. The third-order valence-corrected chi connectivity index (χ3v) is 4.33. The molecule has 0 aromatic carbocycles. The summed E-state index contributed by atoms with van der Waals surface area (Å²) in [5.41, 5.74) is 1.12. The number of carboxylic acids is 1. The monoisotopic (exact) mass is 268 g/mol. The molecule has 1 heterocycles. The maximum Gasteiger partial charge on any atom is 0.304 e. The average Bonchev–Trinajstić information content (AvgIpc) is 3.04. The summed E-state index contributed by atoms with van der Waals surface area (Å²) < 4.78 is 0. The number of thiazole rings is 1. The summed E-state index contributed by atoms with van der Waals surface area (Å²) in [5.74, 6) is -0.723. The van der Waals surface area contributed by atoms with Gasteiger partial charge in [-0.1, -0.05) is 0 Å². The summed E-state index contributed by atoms with van der Waals surface area (Å²) in [6.07, 6.45) is 2.58. The van der Waals surface area contributed by atoms with E-state index < -0.39 is 5.97 Å². The van der Waals surface area contributed by atoms with Crippen LogP contribution < -0.4 is 0 Å². The second kappa shape index (κ2) is 5.36. The van der Waals surface area contributed by atoms with Crippen molar-refractivity contribution in [2.45, 2.75) is 52.1 Å². The molecule has 0 saturated heterocycles. The number of nitrogens with zero attached hydrogens (tertiary/aromatic N) is 2. The van der Waals surface area contributed by atoms with Gasteiger partial charge in [-0.15, -0.1) is 11.3 Å². The fourth-order valence-corrected chi connectivity index (χ4v) is 3.32. The van der Waals surface area contributed by atoms with Crippen molar-refractivity contribution >= 4 is 17.3 Å². The van der Waals surface area contributed by atoms with Crippen molar-refractivity contribution in [3.05, 3.63) is 15.6 Å². The van der Waals surface area contributed by atoms with Crippen LogP contribution in [0.2, 0.25) is 0 Å². The highest BCUT2D eigenvalue weighted by atomic mass is 32.1. The van der Waals surface area contributed by atoms with Gasteiger partial charge in [-0.25, -0.2) is 4.98 Å². The molecular weight excluding hydrogens is 248 g/mol. The number of carbonyl (C=O) groups is 1. The van der Waals surface area contributed by atoms with Gasteiger partial charge < -0.3 is 5.11 Å². The van der Waals surface area contributed by atoms with E-state index in [1.165, 1.54) is 17.7 Å². The van der Waals surface area contributed by atoms with Crippen LogP contribution in [0.5, 0.6) is 0 Å². The lowest BCUT2D eigenvalue weighted by molar-refractivity contribution is -0.137. The lowest BCUT2D eigenvalue weighted by Gasteiger charge is -2.28. The fourth-order valence-electron chi connectivity index (χ4n) is 2.41. The molecule has 1 N–H and O–H groups in total. The molecule has 0 radical (unpaired) electrons. The van der Waals surface area contributed by atoms with Gasteiger partial charge in [0.25, 0.3) is 0 Å². The van der Waals surface area contributed by atoms with E-state index in [0.717, 1.165) is 10.7 Å². The number of aliphatic carboxylic acids is 1. The molecule has 4 nitrogen and oxygen atoms in total. The number of hydrogen-bond donors (Lipinski definition) is 1. The Labute approximate surface area is 112 Å². The van der Waals surface area contributed by atoms with Gasteiger partial charge in [0, 0.05) is 17.5 Å². The summed E-state index contributed by atoms with van der Waals surface area (Å²) in [6.45, 7) is 6.88. The van der Waals surface area contributed by atoms with Crippen molar-refractivity contribution in [3.8, 4) is 0 Å². The van der Waals surface area contributed by atoms with Gasteiger partial charge in [0.1, 0.15) is 0 Å². The van der Waals surface area contributed by atoms with Crippen LogP contribution in [0.3, 0.4) is 0 Å². The molecule has 1 atom stereocenters. The molecule has 5 heteroatoms. The van der Waals surface area contributed by atoms with Crippen LogP contribution in [0.4, 0.5) is 0 Å². The molecule has 1 aliphatic rings. The maximum absolute atomic E-state index is 10.7. The predicted octanol–water partition coefficient (Wildman–Crippen LogP) is 2.76. The Morgan fingerprint density at radius 2 is 2.22 bits per heavy atom. The molecule has 0 bridgehead atoms. The van der Waals surface area contributed by atoms with Crippen LogP contribution in [0.1, 0.15) is 47.8 Å². The van der Waals surface area contributed by atoms with Crippen LogP contribution in [0.15, 0.2) is 0 Å². The first-order valence-electron chi connectivity index (χ1n) is 6.40. The average molecular weight is 268 g/mol. The molecule has 100 valence electrons. The van der Waals surface area contributed by atoms with E-state index in [1.54, 1.807) is 11.3 Å². The molecule has 0 spiro atoms. The van der Waals surface area contributed by atoms with Crippen LogP contribution in [0, 0.1) is 13.8 Å². The molecule has 1 aliphatic carbocycles. The second-order valence-corrected chi connectivity index (χ2v) is 6.37. The Kier molecular flexibility index (Phi) is 4.02. The zero-order valence-corrected chi connectivity index (χ0v) is 12.0. The smallest absolute Gasteiger partial charge is 0.304 e. The Morgan fingerprint density at radius 3 is 2.67 bits per heavy atom. The molecule has 1 saturated carbocycles. The van der Waals surface area contributed by atoms with Gasteiger partial charge >= 0.3 is 5.97 Å². The van der Waals surface area contributed by atoms with E-state index in [9.17, 15) is 4.79 Å². The molecule has 0 amide bonds. The van der Waals surface area contributed by atoms with E-state index >= 15 is 0 Å². The third kappa shape index (κ3) is 3.09. The van der Waals surface area contributed by atoms with E-state index in [4.69, 9.17) is 5.11 Å². The first kappa shape index (κ1) is 13.5. The molecule has 0 aliphatic heterocycles. The summed E-state index contributed by atoms with van der Waals surface area (Å²) in [7, 11) is 0. The van der Waals surface area contributed by atoms with Crippen molar-refractivity contribution in [2.75, 3.05) is 6.54 Å². The van der Waals surface area contributed by atoms with Gasteiger partial charge in [-0.3, -0.25) is 9.69 Å². The van der Waals surface area contributed by atoms with Gasteiger partial charge in [0.15, 0.2) is 0 Å². The third-order valence-electron chi connectivity index (χ3n) is 3.43. The Bertz CT molecular complexity index is 440. The molecule has 1 fully saturated rings. The van der Waals surface area contributed by atoms with E-state index in [1.807, 2.05) is 6.92 Å². The topological polar surface area (TPSA) is 53.4 Å². The lowest BCUT2D eigenvalue weighted by Crippen LogP contribution is -2.32. The summed E-state index contributed by atoms with van der Waals surface area (Å²) >= 11 is 1.72. The first-order chi connectivity index (χ1) is 8.49. The van der Waals surface area contributed by atoms with Crippen molar-refractivity contribution in [2.24, 2.45) is 0 Å². The Hall–Kier alpha value is -0.940. The molecule has 1 unspecified atom stereocenters. The van der Waals surface area contributed by atoms with Crippen molar-refractivity contribution < 1.29 is 9.90 Å². The van der Waals surface area contributed by atoms with Gasteiger partial charge in [-0.2, -0.15) is 0 Å². The number of hydrogen-bond acceptors (Lipinski definition) is 4. The minimum Gasteiger partial charge on any atom is -0.481 e. The lowest BCUT2D eigenvalue weighted by atomic mass is 10.1. The zero-order valence-electron chi connectivity index (χ0n) is 11.1. The standard InChI is InChI=1S/C13H20N2O2S/c1-8(13-9(2)18-10(3)14-13)15(11-4-5-11)7-6-12(16)17/h8,11H,4-7H2,1-3H3,(H,16,17). The quantitative estimate of drug-likeness (QED) is 0.862. The molecule has 2 rings (SSSR count). The number of carboxylic acid groups (broad SMARTS) is 1. The van der Waals surface area contributed by atoms with Crippen molar-refractivity contribution in [1.29, 1.82) is 0 Å². The normalized spacial score (nSPS) is 17.1. The van der Waals surface area contributed by atoms with Crippen LogP contribution in [-0.4, -0.2) is 33.5 Å².